The highest BCUT2D eigenvalue weighted by molar-refractivity contribution is 7.13. The Bertz CT molecular complexity index is 1090. The van der Waals surface area contributed by atoms with Gasteiger partial charge in [-0.05, 0) is 53.7 Å². The third kappa shape index (κ3) is 4.15. The van der Waals surface area contributed by atoms with Crippen LogP contribution in [0.25, 0.3) is 10.1 Å². The first-order valence-electron chi connectivity index (χ1n) is 10.6. The van der Waals surface area contributed by atoms with E-state index in [2.05, 4.69) is 46.3 Å². The lowest BCUT2D eigenvalue weighted by atomic mass is 9.98. The molecule has 2 aliphatic rings. The van der Waals surface area contributed by atoms with E-state index >= 15 is 0 Å². The molecule has 1 aromatic heterocycles. The summed E-state index contributed by atoms with van der Waals surface area (Å²) in [5, 5.41) is 3.86. The molecule has 31 heavy (non-hydrogen) atoms. The van der Waals surface area contributed by atoms with Crippen LogP contribution in [0.5, 0.6) is 0 Å². The van der Waals surface area contributed by atoms with E-state index in [-0.39, 0.29) is 23.6 Å². The molecule has 164 valence electrons. The summed E-state index contributed by atoms with van der Waals surface area (Å²) >= 11 is 1.56. The van der Waals surface area contributed by atoms with Gasteiger partial charge in [-0.2, -0.15) is 4.37 Å². The van der Waals surface area contributed by atoms with Crippen LogP contribution < -0.4 is 10.2 Å². The van der Waals surface area contributed by atoms with Crippen LogP contribution in [0.15, 0.2) is 36.4 Å². The van der Waals surface area contributed by atoms with Crippen molar-refractivity contribution in [2.45, 2.75) is 32.2 Å². The Morgan fingerprint density at radius 1 is 1.19 bits per heavy atom. The molecule has 3 heterocycles. The maximum atomic E-state index is 14.4. The van der Waals surface area contributed by atoms with Crippen molar-refractivity contribution in [3.05, 3.63) is 53.3 Å². The minimum absolute atomic E-state index is 0. The second-order valence-corrected chi connectivity index (χ2v) is 8.93. The van der Waals surface area contributed by atoms with E-state index in [1.54, 1.807) is 17.6 Å². The lowest BCUT2D eigenvalue weighted by Gasteiger charge is -2.39. The number of rotatable bonds is 5. The van der Waals surface area contributed by atoms with Crippen molar-refractivity contribution in [1.29, 1.82) is 0 Å². The molecular formula is C23H27FN4O2S. The van der Waals surface area contributed by atoms with Gasteiger partial charge in [-0.25, -0.2) is 4.39 Å². The highest BCUT2D eigenvalue weighted by Gasteiger charge is 2.27. The van der Waals surface area contributed by atoms with Gasteiger partial charge in [-0.15, -0.1) is 0 Å². The number of anilines is 2. The Hall–Kier alpha value is -2.55. The molecule has 0 radical (unpaired) electrons. The summed E-state index contributed by atoms with van der Waals surface area (Å²) < 4.78 is 20.3. The van der Waals surface area contributed by atoms with E-state index < -0.39 is 0 Å². The van der Waals surface area contributed by atoms with Crippen LogP contribution in [-0.2, 0) is 17.6 Å². The van der Waals surface area contributed by atoms with Gasteiger partial charge >= 0.3 is 0 Å². The van der Waals surface area contributed by atoms with Gasteiger partial charge in [0.05, 0.1) is 16.8 Å². The smallest absolute Gasteiger partial charge is 0.228 e. The summed E-state index contributed by atoms with van der Waals surface area (Å²) in [5.74, 6) is 0.656. The zero-order chi connectivity index (χ0) is 20.7. The van der Waals surface area contributed by atoms with E-state index in [1.807, 2.05) is 6.07 Å². The molecule has 1 amide bonds. The predicted octanol–water partition coefficient (Wildman–Crippen LogP) is 3.25. The van der Waals surface area contributed by atoms with Crippen LogP contribution in [0.4, 0.5) is 15.9 Å². The molecule has 0 bridgehead atoms. The summed E-state index contributed by atoms with van der Waals surface area (Å²) in [7, 11) is 0. The van der Waals surface area contributed by atoms with Crippen molar-refractivity contribution in [3.63, 3.8) is 0 Å². The molecule has 1 atom stereocenters. The molecule has 0 spiro atoms. The van der Waals surface area contributed by atoms with Crippen molar-refractivity contribution in [3.8, 4) is 0 Å². The molecule has 3 aromatic rings. The van der Waals surface area contributed by atoms with Crippen molar-refractivity contribution in [1.82, 2.24) is 9.27 Å². The standard InChI is InChI=1S/C23H25FN4OS.H2O/c1-2-17(12-15-11-16-14-21(29)25-22(16)19(24)13-15)27-7-9-28(10-8-27)23-18-5-3-4-6-20(18)30-26-23;/h3-6,11,13,17H,2,7-10,12,14H2,1H3,(H,25,29);1H2. The van der Waals surface area contributed by atoms with Gasteiger partial charge in [0.2, 0.25) is 5.91 Å². The number of nitrogens with zero attached hydrogens (tertiary/aromatic N) is 3. The Kier molecular flexibility index (Phi) is 6.22. The summed E-state index contributed by atoms with van der Waals surface area (Å²) in [5.41, 5.74) is 2.12. The van der Waals surface area contributed by atoms with Gasteiger partial charge in [0, 0.05) is 37.6 Å². The quantitative estimate of drug-likeness (QED) is 0.658. The SMILES string of the molecule is CCC(Cc1cc(F)c2c(c1)CC(=O)N2)N1CCN(c2nsc3ccccc23)CC1.O. The summed E-state index contributed by atoms with van der Waals surface area (Å²) in [4.78, 5) is 16.5. The average Bonchev–Trinajstić information content (AvgIpc) is 3.35. The number of amides is 1. The minimum atomic E-state index is -0.316. The fourth-order valence-electron chi connectivity index (χ4n) is 4.68. The van der Waals surface area contributed by atoms with E-state index in [4.69, 9.17) is 4.37 Å². The number of hydrogen-bond donors (Lipinski definition) is 1. The fraction of sp³-hybridized carbons (Fsp3) is 0.391. The molecule has 5 rings (SSSR count). The number of piperazine rings is 1. The van der Waals surface area contributed by atoms with Crippen LogP contribution in [0.3, 0.4) is 0 Å². The normalized spacial score (nSPS) is 17.4. The average molecular weight is 443 g/mol. The number of carbonyl (C=O) groups excluding carboxylic acids is 1. The van der Waals surface area contributed by atoms with Crippen LogP contribution >= 0.6 is 11.5 Å². The third-order valence-electron chi connectivity index (χ3n) is 6.28. The predicted molar refractivity (Wildman–Crippen MR) is 124 cm³/mol. The summed E-state index contributed by atoms with van der Waals surface area (Å²) in [6, 6.07) is 12.4. The molecule has 3 N–H and O–H groups in total. The maximum Gasteiger partial charge on any atom is 0.228 e. The van der Waals surface area contributed by atoms with Crippen molar-refractivity contribution in [2.24, 2.45) is 0 Å². The van der Waals surface area contributed by atoms with Gasteiger partial charge in [0.25, 0.3) is 0 Å². The number of fused-ring (bicyclic) bond motifs is 2. The van der Waals surface area contributed by atoms with E-state index in [0.717, 1.165) is 56.0 Å². The van der Waals surface area contributed by atoms with Crippen molar-refractivity contribution >= 4 is 39.0 Å². The van der Waals surface area contributed by atoms with Gasteiger partial charge in [0.15, 0.2) is 0 Å². The molecule has 1 fully saturated rings. The molecule has 1 saturated heterocycles. The van der Waals surface area contributed by atoms with Crippen LogP contribution in [-0.4, -0.2) is 52.9 Å². The molecule has 1 unspecified atom stereocenters. The Morgan fingerprint density at radius 2 is 1.97 bits per heavy atom. The number of halogens is 1. The first kappa shape index (κ1) is 21.7. The molecule has 6 nitrogen and oxygen atoms in total. The highest BCUT2D eigenvalue weighted by atomic mass is 32.1. The molecule has 0 saturated carbocycles. The van der Waals surface area contributed by atoms with Gasteiger partial charge in [-0.1, -0.05) is 25.1 Å². The molecular weight excluding hydrogens is 415 g/mol. The van der Waals surface area contributed by atoms with E-state index in [9.17, 15) is 9.18 Å². The fourth-order valence-corrected chi connectivity index (χ4v) is 5.48. The van der Waals surface area contributed by atoms with Crippen LogP contribution in [0.2, 0.25) is 0 Å². The van der Waals surface area contributed by atoms with E-state index in [0.29, 0.717) is 11.7 Å². The number of hydrogen-bond acceptors (Lipinski definition) is 5. The zero-order valence-corrected chi connectivity index (χ0v) is 18.3. The van der Waals surface area contributed by atoms with Gasteiger partial charge in [0.1, 0.15) is 11.6 Å². The topological polar surface area (TPSA) is 80.0 Å². The number of nitrogens with one attached hydrogen (secondary N) is 1. The number of carbonyl (C=O) groups is 1. The molecule has 2 aromatic carbocycles. The lowest BCUT2D eigenvalue weighted by Crippen LogP contribution is -2.51. The maximum absolute atomic E-state index is 14.4. The van der Waals surface area contributed by atoms with Crippen molar-refractivity contribution in [2.75, 3.05) is 36.4 Å². The molecule has 8 heteroatoms. The van der Waals surface area contributed by atoms with Crippen LogP contribution in [0, 0.1) is 5.82 Å². The van der Waals surface area contributed by atoms with Crippen LogP contribution in [0.1, 0.15) is 24.5 Å². The van der Waals surface area contributed by atoms with Gasteiger partial charge in [-0.3, -0.25) is 9.69 Å². The molecule has 2 aliphatic heterocycles. The van der Waals surface area contributed by atoms with Gasteiger partial charge < -0.3 is 15.7 Å². The monoisotopic (exact) mass is 442 g/mol. The minimum Gasteiger partial charge on any atom is -0.412 e. The largest absolute Gasteiger partial charge is 0.412 e. The summed E-state index contributed by atoms with van der Waals surface area (Å²) in [6.45, 7) is 6.03. The lowest BCUT2D eigenvalue weighted by molar-refractivity contribution is -0.115. The van der Waals surface area contributed by atoms with E-state index in [1.165, 1.54) is 10.1 Å². The first-order valence-corrected chi connectivity index (χ1v) is 11.3. The first-order chi connectivity index (χ1) is 14.6. The second-order valence-electron chi connectivity index (χ2n) is 8.13. The number of aromatic nitrogens is 1. The second kappa shape index (κ2) is 8.90. The third-order valence-corrected chi connectivity index (χ3v) is 7.10. The highest BCUT2D eigenvalue weighted by Crippen LogP contribution is 2.31. The Balaban J connectivity index is 0.00000231. The van der Waals surface area contributed by atoms with Crippen molar-refractivity contribution < 1.29 is 14.7 Å². The Labute approximate surface area is 185 Å². The number of benzene rings is 2. The molecule has 0 aliphatic carbocycles. The zero-order valence-electron chi connectivity index (χ0n) is 17.5. The summed E-state index contributed by atoms with van der Waals surface area (Å²) in [6.07, 6.45) is 2.08. The Morgan fingerprint density at radius 3 is 2.74 bits per heavy atom.